The summed E-state index contributed by atoms with van der Waals surface area (Å²) < 4.78 is 10.3. The first-order chi connectivity index (χ1) is 20.6. The topological polar surface area (TPSA) is 173 Å². The second-order valence-electron chi connectivity index (χ2n) is 8.66. The zero-order valence-electron chi connectivity index (χ0n) is 23.2. The van der Waals surface area contributed by atoms with Gasteiger partial charge in [-0.05, 0) is 84.2 Å². The highest BCUT2D eigenvalue weighted by Gasteiger charge is 2.16. The molecule has 0 aromatic heterocycles. The number of phenolic OH excluding ortho intramolecular Hbond substituents is 1. The summed E-state index contributed by atoms with van der Waals surface area (Å²) in [5, 5.41) is 10.5. The van der Waals surface area contributed by atoms with Gasteiger partial charge in [0.25, 0.3) is 0 Å². The van der Waals surface area contributed by atoms with Gasteiger partial charge in [0.15, 0.2) is 21.7 Å². The smallest absolute Gasteiger partial charge is 0.220 e. The van der Waals surface area contributed by atoms with Crippen molar-refractivity contribution in [2.24, 2.45) is 11.5 Å². The maximum atomic E-state index is 12.0. The minimum Gasteiger partial charge on any atom is -0.507 e. The molecule has 0 heterocycles. The molecule has 0 fully saturated rings. The van der Waals surface area contributed by atoms with Gasteiger partial charge in [-0.15, -0.1) is 0 Å². The van der Waals surface area contributed by atoms with Crippen molar-refractivity contribution >= 4 is 52.3 Å². The number of rotatable bonds is 11. The van der Waals surface area contributed by atoms with E-state index in [4.69, 9.17) is 45.4 Å². The summed E-state index contributed by atoms with van der Waals surface area (Å²) >= 11 is 10.0. The molecular formula is C30H30N6O5S2. The van der Waals surface area contributed by atoms with E-state index in [2.05, 4.69) is 21.7 Å². The van der Waals surface area contributed by atoms with Crippen molar-refractivity contribution in [1.82, 2.24) is 21.7 Å². The van der Waals surface area contributed by atoms with Crippen molar-refractivity contribution in [2.45, 2.75) is 0 Å². The van der Waals surface area contributed by atoms with E-state index in [-0.39, 0.29) is 39.1 Å². The van der Waals surface area contributed by atoms with E-state index in [0.717, 1.165) is 0 Å². The SMILES string of the molecule is COC1=C/C(=C/C=C(\NNC(N)=S)C(=Cc2ccccc2O)/C(=C/C=C2\C=CC(=O)C(OC)=C2)NNC(N)=S)C=CC1=O. The lowest BCUT2D eigenvalue weighted by molar-refractivity contribution is -0.114. The van der Waals surface area contributed by atoms with Crippen molar-refractivity contribution in [3.63, 3.8) is 0 Å². The number of ketones is 2. The quantitative estimate of drug-likeness (QED) is 0.110. The highest BCUT2D eigenvalue weighted by atomic mass is 32.1. The number of benzene rings is 1. The minimum absolute atomic E-state index is 0.0165. The van der Waals surface area contributed by atoms with Gasteiger partial charge in [0, 0.05) is 11.1 Å². The van der Waals surface area contributed by atoms with Crippen LogP contribution in [0.2, 0.25) is 0 Å². The molecule has 1 aromatic rings. The Hall–Kier alpha value is -5.40. The summed E-state index contributed by atoms with van der Waals surface area (Å²) in [6.07, 6.45) is 17.8. The maximum absolute atomic E-state index is 12.0. The molecule has 0 spiro atoms. The number of nitrogens with one attached hydrogen (secondary N) is 4. The van der Waals surface area contributed by atoms with Crippen LogP contribution >= 0.6 is 24.4 Å². The normalized spacial score (nSPS) is 16.7. The van der Waals surface area contributed by atoms with Crippen LogP contribution in [0, 0.1) is 0 Å². The van der Waals surface area contributed by atoms with Gasteiger partial charge in [0.1, 0.15) is 5.75 Å². The van der Waals surface area contributed by atoms with Gasteiger partial charge < -0.3 is 26.0 Å². The monoisotopic (exact) mass is 618 g/mol. The number of allylic oxidation sites excluding steroid dienone is 12. The molecule has 43 heavy (non-hydrogen) atoms. The van der Waals surface area contributed by atoms with Gasteiger partial charge in [-0.1, -0.05) is 42.5 Å². The van der Waals surface area contributed by atoms with Crippen molar-refractivity contribution in [1.29, 1.82) is 0 Å². The van der Waals surface area contributed by atoms with Crippen LogP contribution in [0.1, 0.15) is 5.56 Å². The van der Waals surface area contributed by atoms with Gasteiger partial charge in [0.2, 0.25) is 11.6 Å². The lowest BCUT2D eigenvalue weighted by atomic mass is 10.0. The van der Waals surface area contributed by atoms with E-state index in [0.29, 0.717) is 33.7 Å². The predicted octanol–water partition coefficient (Wildman–Crippen LogP) is 2.41. The third kappa shape index (κ3) is 9.59. The van der Waals surface area contributed by atoms with Crippen LogP contribution in [-0.2, 0) is 19.1 Å². The number of hydrogen-bond acceptors (Lipinski definition) is 9. The molecule has 13 heteroatoms. The molecule has 11 nitrogen and oxygen atoms in total. The number of hydrogen-bond donors (Lipinski definition) is 7. The van der Waals surface area contributed by atoms with Crippen LogP contribution in [0.15, 0.2) is 125 Å². The Morgan fingerprint density at radius 2 is 1.23 bits per heavy atom. The lowest BCUT2D eigenvalue weighted by Gasteiger charge is -2.20. The lowest BCUT2D eigenvalue weighted by Crippen LogP contribution is -2.43. The number of carbonyl (C=O) groups is 2. The standard InChI is InChI=1S/C30H30N6O5S2/c1-40-27-15-18(9-13-25(27)38)7-11-22(33-35-29(31)42)21(17-20-5-3-4-6-24(20)37)23(34-36-30(32)43)12-8-19-10-14-26(39)28(16-19)41-2/h3-17,33-34,37H,1-2H3,(H3,31,35,42)(H3,32,36,43)/b18-7+,19-8+,22-11-,23-12-. The highest BCUT2D eigenvalue weighted by molar-refractivity contribution is 7.80. The van der Waals surface area contributed by atoms with Crippen molar-refractivity contribution in [3.8, 4) is 5.75 Å². The molecule has 0 radical (unpaired) electrons. The van der Waals surface area contributed by atoms with Crippen LogP contribution < -0.4 is 33.2 Å². The molecular weight excluding hydrogens is 589 g/mol. The van der Waals surface area contributed by atoms with E-state index >= 15 is 0 Å². The second kappa shape index (κ2) is 15.6. The Morgan fingerprint density at radius 3 is 1.65 bits per heavy atom. The fraction of sp³-hybridized carbons (Fsp3) is 0.0667. The van der Waals surface area contributed by atoms with E-state index in [1.54, 1.807) is 78.9 Å². The average molecular weight is 619 g/mol. The molecule has 0 amide bonds. The third-order valence-corrected chi connectivity index (χ3v) is 5.92. The fourth-order valence-corrected chi connectivity index (χ4v) is 3.76. The van der Waals surface area contributed by atoms with Gasteiger partial charge in [-0.3, -0.25) is 31.3 Å². The van der Waals surface area contributed by atoms with Crippen molar-refractivity contribution in [3.05, 3.63) is 130 Å². The molecule has 9 N–H and O–H groups in total. The predicted molar refractivity (Wildman–Crippen MR) is 173 cm³/mol. The Bertz CT molecular complexity index is 1500. The maximum Gasteiger partial charge on any atom is 0.220 e. The minimum atomic E-state index is -0.257. The molecule has 0 saturated heterocycles. The van der Waals surface area contributed by atoms with Crippen LogP contribution in [0.4, 0.5) is 0 Å². The van der Waals surface area contributed by atoms with E-state index in [1.165, 1.54) is 26.4 Å². The number of hydrazine groups is 2. The highest BCUT2D eigenvalue weighted by Crippen LogP contribution is 2.26. The number of para-hydroxylation sites is 1. The summed E-state index contributed by atoms with van der Waals surface area (Å²) in [5.41, 5.74) is 25.9. The first-order valence-corrected chi connectivity index (χ1v) is 13.4. The number of carbonyl (C=O) groups excluding carboxylic acids is 2. The molecule has 1 aromatic carbocycles. The Labute approximate surface area is 259 Å². The second-order valence-corrected chi connectivity index (χ2v) is 9.54. The summed E-state index contributed by atoms with van der Waals surface area (Å²) in [6, 6.07) is 6.73. The van der Waals surface area contributed by atoms with E-state index in [9.17, 15) is 14.7 Å². The van der Waals surface area contributed by atoms with E-state index < -0.39 is 0 Å². The first-order valence-electron chi connectivity index (χ1n) is 12.5. The van der Waals surface area contributed by atoms with Crippen LogP contribution in [0.25, 0.3) is 6.08 Å². The molecule has 0 bridgehead atoms. The van der Waals surface area contributed by atoms with Gasteiger partial charge in [0.05, 0.1) is 25.6 Å². The van der Waals surface area contributed by atoms with Crippen molar-refractivity contribution < 1.29 is 24.2 Å². The van der Waals surface area contributed by atoms with Gasteiger partial charge in [-0.25, -0.2) is 0 Å². The van der Waals surface area contributed by atoms with Crippen LogP contribution in [0.3, 0.4) is 0 Å². The number of methoxy groups -OCH3 is 2. The molecule has 222 valence electrons. The molecule has 3 rings (SSSR count). The Morgan fingerprint density at radius 1 is 0.767 bits per heavy atom. The summed E-state index contributed by atoms with van der Waals surface area (Å²) in [4.78, 5) is 24.0. The first kappa shape index (κ1) is 32.1. The molecule has 2 aliphatic rings. The number of nitrogens with two attached hydrogens (primary N) is 2. The molecule has 0 atom stereocenters. The van der Waals surface area contributed by atoms with Gasteiger partial charge >= 0.3 is 0 Å². The summed E-state index contributed by atoms with van der Waals surface area (Å²) in [6.45, 7) is 0. The summed E-state index contributed by atoms with van der Waals surface area (Å²) in [7, 11) is 2.83. The number of phenols is 1. The summed E-state index contributed by atoms with van der Waals surface area (Å²) in [5.74, 6) is -0.136. The third-order valence-electron chi connectivity index (χ3n) is 5.72. The zero-order chi connectivity index (χ0) is 31.4. The average Bonchev–Trinajstić information content (AvgIpc) is 2.98. The van der Waals surface area contributed by atoms with Crippen LogP contribution in [-0.4, -0.2) is 41.1 Å². The fourth-order valence-electron chi connectivity index (χ4n) is 3.66. The Balaban J connectivity index is 2.25. The molecule has 0 unspecified atom stereocenters. The number of aromatic hydroxyl groups is 1. The van der Waals surface area contributed by atoms with Crippen LogP contribution in [0.5, 0.6) is 5.75 Å². The van der Waals surface area contributed by atoms with Gasteiger partial charge in [-0.2, -0.15) is 0 Å². The molecule has 2 aliphatic carbocycles. The number of thiocarbonyl (C=S) groups is 2. The largest absolute Gasteiger partial charge is 0.507 e. The molecule has 0 aliphatic heterocycles. The number of ether oxygens (including phenoxy) is 2. The Kier molecular flexibility index (Phi) is 11.6. The molecule has 0 saturated carbocycles. The zero-order valence-corrected chi connectivity index (χ0v) is 24.8. The van der Waals surface area contributed by atoms with Crippen molar-refractivity contribution in [2.75, 3.05) is 14.2 Å². The van der Waals surface area contributed by atoms with E-state index in [1.807, 2.05) is 0 Å².